The maximum absolute atomic E-state index is 12.3. The van der Waals surface area contributed by atoms with Gasteiger partial charge in [0.25, 0.3) is 0 Å². The normalized spacial score (nSPS) is 21.7. The van der Waals surface area contributed by atoms with Gasteiger partial charge in [-0.3, -0.25) is 4.79 Å². The third-order valence-corrected chi connectivity index (χ3v) is 3.33. The van der Waals surface area contributed by atoms with Gasteiger partial charge in [0.2, 0.25) is 5.91 Å². The average molecular weight is 248 g/mol. The number of carbonyl (C=O) groups excluding carboxylic acids is 1. The zero-order valence-corrected chi connectivity index (χ0v) is 10.7. The van der Waals surface area contributed by atoms with E-state index in [0.29, 0.717) is 19.7 Å². The van der Waals surface area contributed by atoms with E-state index in [1.54, 1.807) is 0 Å². The van der Waals surface area contributed by atoms with Crippen molar-refractivity contribution in [1.29, 1.82) is 0 Å². The van der Waals surface area contributed by atoms with E-state index in [4.69, 9.17) is 10.5 Å². The van der Waals surface area contributed by atoms with Crippen molar-refractivity contribution in [3.8, 4) is 0 Å². The molecule has 0 saturated carbocycles. The number of rotatable bonds is 3. The highest BCUT2D eigenvalue weighted by molar-refractivity contribution is 5.83. The minimum Gasteiger partial charge on any atom is -0.375 e. The molecule has 0 aromatic heterocycles. The number of ether oxygens (including phenoxy) is 1. The van der Waals surface area contributed by atoms with Gasteiger partial charge in [0.1, 0.15) is 6.04 Å². The molecule has 1 aliphatic rings. The van der Waals surface area contributed by atoms with E-state index < -0.39 is 6.04 Å². The van der Waals surface area contributed by atoms with Gasteiger partial charge in [0, 0.05) is 13.1 Å². The van der Waals surface area contributed by atoms with Crippen LogP contribution in [0.5, 0.6) is 0 Å². The van der Waals surface area contributed by atoms with Gasteiger partial charge in [0.15, 0.2) is 0 Å². The van der Waals surface area contributed by atoms with Crippen molar-refractivity contribution in [1.82, 2.24) is 4.90 Å². The number of hydrogen-bond donors (Lipinski definition) is 1. The maximum Gasteiger partial charge on any atom is 0.244 e. The zero-order valence-electron chi connectivity index (χ0n) is 10.7. The molecule has 4 nitrogen and oxygen atoms in total. The molecular weight excluding hydrogens is 228 g/mol. The van der Waals surface area contributed by atoms with Crippen molar-refractivity contribution in [2.45, 2.75) is 25.5 Å². The standard InChI is InChI=1S/C14H20N2O2/c1-2-12-10-16(8-9-18-12)14(17)13(15)11-6-4-3-5-7-11/h3-7,12-13H,2,8-10,15H2,1H3/t12-,13-/m0/s1. The second-order valence-corrected chi connectivity index (χ2v) is 4.57. The van der Waals surface area contributed by atoms with Crippen LogP contribution in [0.15, 0.2) is 30.3 Å². The number of carbonyl (C=O) groups is 1. The minimum atomic E-state index is -0.568. The van der Waals surface area contributed by atoms with Crippen molar-refractivity contribution in [3.05, 3.63) is 35.9 Å². The molecule has 0 spiro atoms. The van der Waals surface area contributed by atoms with E-state index in [1.807, 2.05) is 35.2 Å². The molecule has 0 aliphatic carbocycles. The molecule has 98 valence electrons. The Hall–Kier alpha value is -1.39. The topological polar surface area (TPSA) is 55.6 Å². The third-order valence-electron chi connectivity index (χ3n) is 3.33. The third kappa shape index (κ3) is 2.89. The molecule has 0 bridgehead atoms. The summed E-state index contributed by atoms with van der Waals surface area (Å²) in [6.45, 7) is 3.95. The highest BCUT2D eigenvalue weighted by atomic mass is 16.5. The lowest BCUT2D eigenvalue weighted by atomic mass is 10.1. The number of hydrogen-bond acceptors (Lipinski definition) is 3. The predicted octanol–water partition coefficient (Wildman–Crippen LogP) is 1.32. The van der Waals surface area contributed by atoms with Crippen molar-refractivity contribution in [2.24, 2.45) is 5.73 Å². The summed E-state index contributed by atoms with van der Waals surface area (Å²) in [5.74, 6) is -0.0112. The number of amides is 1. The fourth-order valence-electron chi connectivity index (χ4n) is 2.17. The summed E-state index contributed by atoms with van der Waals surface area (Å²) in [5, 5.41) is 0. The number of morpholine rings is 1. The van der Waals surface area contributed by atoms with Gasteiger partial charge in [-0.1, -0.05) is 37.3 Å². The molecule has 1 saturated heterocycles. The summed E-state index contributed by atoms with van der Waals surface area (Å²) in [6.07, 6.45) is 1.07. The summed E-state index contributed by atoms with van der Waals surface area (Å²) < 4.78 is 5.56. The highest BCUT2D eigenvalue weighted by Gasteiger charge is 2.27. The van der Waals surface area contributed by atoms with Crippen LogP contribution >= 0.6 is 0 Å². The van der Waals surface area contributed by atoms with Crippen LogP contribution in [0, 0.1) is 0 Å². The van der Waals surface area contributed by atoms with E-state index >= 15 is 0 Å². The molecule has 0 radical (unpaired) electrons. The van der Waals surface area contributed by atoms with E-state index in [2.05, 4.69) is 6.92 Å². The minimum absolute atomic E-state index is 0.0112. The van der Waals surface area contributed by atoms with Crippen LogP contribution in [-0.4, -0.2) is 36.6 Å². The first kappa shape index (κ1) is 13.1. The molecule has 1 amide bonds. The molecule has 2 rings (SSSR count). The molecule has 0 unspecified atom stereocenters. The smallest absolute Gasteiger partial charge is 0.244 e. The lowest BCUT2D eigenvalue weighted by Gasteiger charge is -2.34. The Morgan fingerprint density at radius 1 is 1.50 bits per heavy atom. The number of nitrogens with zero attached hydrogens (tertiary/aromatic N) is 1. The Morgan fingerprint density at radius 3 is 2.89 bits per heavy atom. The van der Waals surface area contributed by atoms with Crippen LogP contribution < -0.4 is 5.73 Å². The van der Waals surface area contributed by atoms with Gasteiger partial charge in [-0.2, -0.15) is 0 Å². The first-order chi connectivity index (χ1) is 8.72. The molecular formula is C14H20N2O2. The van der Waals surface area contributed by atoms with Gasteiger partial charge < -0.3 is 15.4 Å². The van der Waals surface area contributed by atoms with E-state index in [0.717, 1.165) is 12.0 Å². The van der Waals surface area contributed by atoms with Gasteiger partial charge in [-0.15, -0.1) is 0 Å². The Morgan fingerprint density at radius 2 is 2.22 bits per heavy atom. The fraction of sp³-hybridized carbons (Fsp3) is 0.500. The molecule has 18 heavy (non-hydrogen) atoms. The summed E-state index contributed by atoms with van der Waals surface area (Å²) >= 11 is 0. The van der Waals surface area contributed by atoms with Crippen molar-refractivity contribution in [2.75, 3.05) is 19.7 Å². The highest BCUT2D eigenvalue weighted by Crippen LogP contribution is 2.16. The summed E-state index contributed by atoms with van der Waals surface area (Å²) in [6, 6.07) is 8.93. The predicted molar refractivity (Wildman–Crippen MR) is 70.0 cm³/mol. The maximum atomic E-state index is 12.3. The average Bonchev–Trinajstić information content (AvgIpc) is 2.46. The van der Waals surface area contributed by atoms with Crippen LogP contribution in [0.25, 0.3) is 0 Å². The largest absolute Gasteiger partial charge is 0.375 e. The number of nitrogens with two attached hydrogens (primary N) is 1. The Bertz CT molecular complexity index is 394. The number of benzene rings is 1. The zero-order chi connectivity index (χ0) is 13.0. The van der Waals surface area contributed by atoms with Crippen LogP contribution in [0.2, 0.25) is 0 Å². The first-order valence-corrected chi connectivity index (χ1v) is 6.43. The Labute approximate surface area is 108 Å². The second kappa shape index (κ2) is 5.98. The fourth-order valence-corrected chi connectivity index (χ4v) is 2.17. The van der Waals surface area contributed by atoms with Crippen molar-refractivity contribution >= 4 is 5.91 Å². The van der Waals surface area contributed by atoms with Gasteiger partial charge >= 0.3 is 0 Å². The molecule has 4 heteroatoms. The summed E-state index contributed by atoms with van der Waals surface area (Å²) in [5.41, 5.74) is 6.89. The summed E-state index contributed by atoms with van der Waals surface area (Å²) in [7, 11) is 0. The molecule has 1 heterocycles. The Kier molecular flexibility index (Phi) is 4.33. The van der Waals surface area contributed by atoms with Crippen LogP contribution in [0.4, 0.5) is 0 Å². The van der Waals surface area contributed by atoms with Gasteiger partial charge in [-0.05, 0) is 12.0 Å². The van der Waals surface area contributed by atoms with E-state index in [-0.39, 0.29) is 12.0 Å². The van der Waals surface area contributed by atoms with E-state index in [9.17, 15) is 4.79 Å². The SMILES string of the molecule is CC[C@H]1CN(C(=O)[C@@H](N)c2ccccc2)CCO1. The van der Waals surface area contributed by atoms with Crippen LogP contribution in [0.3, 0.4) is 0 Å². The summed E-state index contributed by atoms with van der Waals surface area (Å²) in [4.78, 5) is 14.1. The van der Waals surface area contributed by atoms with Gasteiger partial charge in [-0.25, -0.2) is 0 Å². The monoisotopic (exact) mass is 248 g/mol. The van der Waals surface area contributed by atoms with Gasteiger partial charge in [0.05, 0.1) is 12.7 Å². The van der Waals surface area contributed by atoms with Crippen molar-refractivity contribution in [3.63, 3.8) is 0 Å². The van der Waals surface area contributed by atoms with E-state index in [1.165, 1.54) is 0 Å². The molecule has 1 aromatic carbocycles. The second-order valence-electron chi connectivity index (χ2n) is 4.57. The molecule has 2 atom stereocenters. The lowest BCUT2D eigenvalue weighted by molar-refractivity contribution is -0.140. The molecule has 1 fully saturated rings. The first-order valence-electron chi connectivity index (χ1n) is 6.43. The van der Waals surface area contributed by atoms with Crippen LogP contribution in [-0.2, 0) is 9.53 Å². The van der Waals surface area contributed by atoms with Crippen molar-refractivity contribution < 1.29 is 9.53 Å². The molecule has 1 aliphatic heterocycles. The lowest BCUT2D eigenvalue weighted by Crippen LogP contribution is -2.48. The molecule has 1 aromatic rings. The Balaban J connectivity index is 2.02. The van der Waals surface area contributed by atoms with Crippen LogP contribution in [0.1, 0.15) is 24.9 Å². The quantitative estimate of drug-likeness (QED) is 0.878. The molecule has 2 N–H and O–H groups in total.